The highest BCUT2D eigenvalue weighted by Crippen LogP contribution is 2.20. The van der Waals surface area contributed by atoms with Crippen LogP contribution in [0.25, 0.3) is 0 Å². The number of hydrogen-bond donors (Lipinski definition) is 1. The average Bonchev–Trinajstić information content (AvgIpc) is 2.49. The smallest absolute Gasteiger partial charge is 0.129 e. The maximum Gasteiger partial charge on any atom is 0.129 e. The van der Waals surface area contributed by atoms with Crippen molar-refractivity contribution in [2.24, 2.45) is 0 Å². The molecule has 0 bridgehead atoms. The standard InChI is InChI=1S/C15H22F2N2O2/c1-21-9-8-18-4-6-19(7-5-18)11-15(20)13-10-12(16)2-3-14(13)17/h2-3,10,15,20H,4-9,11H2,1H3/t15-/m0/s1. The first kappa shape index (κ1) is 16.3. The minimum Gasteiger partial charge on any atom is -0.387 e. The van der Waals surface area contributed by atoms with Gasteiger partial charge in [-0.15, -0.1) is 0 Å². The third-order valence-corrected chi connectivity index (χ3v) is 3.82. The number of ether oxygens (including phenoxy) is 1. The van der Waals surface area contributed by atoms with Gasteiger partial charge in [-0.1, -0.05) is 0 Å². The van der Waals surface area contributed by atoms with Gasteiger partial charge in [0, 0.05) is 51.9 Å². The molecule has 1 aliphatic heterocycles. The summed E-state index contributed by atoms with van der Waals surface area (Å²) in [6.45, 7) is 5.31. The van der Waals surface area contributed by atoms with Gasteiger partial charge in [-0.3, -0.25) is 9.80 Å². The van der Waals surface area contributed by atoms with Crippen LogP contribution < -0.4 is 0 Å². The Kier molecular flexibility index (Phi) is 6.05. The zero-order chi connectivity index (χ0) is 15.2. The molecule has 4 nitrogen and oxygen atoms in total. The summed E-state index contributed by atoms with van der Waals surface area (Å²) in [5, 5.41) is 10.1. The van der Waals surface area contributed by atoms with E-state index in [0.717, 1.165) is 50.9 Å². The van der Waals surface area contributed by atoms with Gasteiger partial charge in [-0.2, -0.15) is 0 Å². The molecule has 2 rings (SSSR count). The van der Waals surface area contributed by atoms with Crippen molar-refractivity contribution in [3.05, 3.63) is 35.4 Å². The number of β-amino-alcohol motifs (C(OH)–C–C–N with tert-alkyl or cyclic N) is 1. The van der Waals surface area contributed by atoms with E-state index in [1.54, 1.807) is 7.11 Å². The number of nitrogens with zero attached hydrogens (tertiary/aromatic N) is 2. The highest BCUT2D eigenvalue weighted by Gasteiger charge is 2.21. The molecule has 1 N–H and O–H groups in total. The minimum absolute atomic E-state index is 0.0248. The van der Waals surface area contributed by atoms with Crippen molar-refractivity contribution in [3.63, 3.8) is 0 Å². The van der Waals surface area contributed by atoms with E-state index in [1.807, 2.05) is 0 Å². The number of methoxy groups -OCH3 is 1. The summed E-state index contributed by atoms with van der Waals surface area (Å²) in [7, 11) is 1.68. The van der Waals surface area contributed by atoms with Gasteiger partial charge in [0.1, 0.15) is 11.6 Å². The first-order valence-electron chi connectivity index (χ1n) is 7.17. The second-order valence-corrected chi connectivity index (χ2v) is 5.32. The van der Waals surface area contributed by atoms with Gasteiger partial charge in [-0.05, 0) is 18.2 Å². The van der Waals surface area contributed by atoms with E-state index in [-0.39, 0.29) is 5.56 Å². The number of aliphatic hydroxyl groups excluding tert-OH is 1. The lowest BCUT2D eigenvalue weighted by Gasteiger charge is -2.35. The van der Waals surface area contributed by atoms with Crippen LogP contribution in [-0.2, 0) is 4.74 Å². The number of piperazine rings is 1. The lowest BCUT2D eigenvalue weighted by molar-refractivity contribution is 0.0598. The summed E-state index contributed by atoms with van der Waals surface area (Å²) >= 11 is 0. The predicted molar refractivity (Wildman–Crippen MR) is 76.1 cm³/mol. The van der Waals surface area contributed by atoms with E-state index >= 15 is 0 Å². The van der Waals surface area contributed by atoms with Crippen LogP contribution in [0.15, 0.2) is 18.2 Å². The number of halogens is 2. The molecule has 0 radical (unpaired) electrons. The number of hydrogen-bond acceptors (Lipinski definition) is 4. The fourth-order valence-corrected chi connectivity index (χ4v) is 2.53. The Morgan fingerprint density at radius 1 is 1.19 bits per heavy atom. The van der Waals surface area contributed by atoms with Crippen LogP contribution in [0.1, 0.15) is 11.7 Å². The molecule has 0 unspecified atom stereocenters. The molecule has 1 aliphatic rings. The second kappa shape index (κ2) is 7.79. The predicted octanol–water partition coefficient (Wildman–Crippen LogP) is 1.26. The Labute approximate surface area is 123 Å². The van der Waals surface area contributed by atoms with Crippen LogP contribution in [0.5, 0.6) is 0 Å². The van der Waals surface area contributed by atoms with Crippen molar-refractivity contribution in [1.29, 1.82) is 0 Å². The first-order chi connectivity index (χ1) is 10.1. The highest BCUT2D eigenvalue weighted by atomic mass is 19.1. The Morgan fingerprint density at radius 3 is 2.52 bits per heavy atom. The topological polar surface area (TPSA) is 35.9 Å². The van der Waals surface area contributed by atoms with Crippen molar-refractivity contribution in [2.45, 2.75) is 6.10 Å². The van der Waals surface area contributed by atoms with Crippen molar-refractivity contribution >= 4 is 0 Å². The first-order valence-corrected chi connectivity index (χ1v) is 7.17. The van der Waals surface area contributed by atoms with Crippen molar-refractivity contribution in [3.8, 4) is 0 Å². The molecule has 0 spiro atoms. The third kappa shape index (κ3) is 4.71. The molecule has 0 saturated carbocycles. The monoisotopic (exact) mass is 300 g/mol. The molecule has 0 amide bonds. The fraction of sp³-hybridized carbons (Fsp3) is 0.600. The van der Waals surface area contributed by atoms with Crippen LogP contribution in [0, 0.1) is 11.6 Å². The Hall–Kier alpha value is -1.08. The molecule has 6 heteroatoms. The van der Waals surface area contributed by atoms with Gasteiger partial charge in [0.15, 0.2) is 0 Å². The van der Waals surface area contributed by atoms with Crippen LogP contribution >= 0.6 is 0 Å². The van der Waals surface area contributed by atoms with Gasteiger partial charge >= 0.3 is 0 Å². The van der Waals surface area contributed by atoms with E-state index < -0.39 is 17.7 Å². The molecule has 0 aliphatic carbocycles. The summed E-state index contributed by atoms with van der Waals surface area (Å²) in [6, 6.07) is 3.17. The van der Waals surface area contributed by atoms with Crippen LogP contribution in [0.3, 0.4) is 0 Å². The summed E-state index contributed by atoms with van der Waals surface area (Å²) in [6.07, 6.45) is -1.01. The van der Waals surface area contributed by atoms with Crippen LogP contribution in [0.4, 0.5) is 8.78 Å². The van der Waals surface area contributed by atoms with Gasteiger partial charge in [0.25, 0.3) is 0 Å². The number of rotatable bonds is 6. The number of aliphatic hydroxyl groups is 1. The molecular formula is C15H22F2N2O2. The summed E-state index contributed by atoms with van der Waals surface area (Å²) in [5.74, 6) is -1.10. The zero-order valence-corrected chi connectivity index (χ0v) is 12.3. The van der Waals surface area contributed by atoms with Gasteiger partial charge in [0.05, 0.1) is 12.7 Å². The normalized spacial score (nSPS) is 18.9. The molecule has 1 heterocycles. The SMILES string of the molecule is COCCN1CCN(C[C@H](O)c2cc(F)ccc2F)CC1. The molecule has 1 aromatic carbocycles. The quantitative estimate of drug-likeness (QED) is 0.858. The van der Waals surface area contributed by atoms with E-state index in [0.29, 0.717) is 13.2 Å². The third-order valence-electron chi connectivity index (χ3n) is 3.82. The highest BCUT2D eigenvalue weighted by molar-refractivity contribution is 5.21. The average molecular weight is 300 g/mol. The molecule has 21 heavy (non-hydrogen) atoms. The lowest BCUT2D eigenvalue weighted by atomic mass is 10.1. The number of benzene rings is 1. The molecule has 1 aromatic rings. The van der Waals surface area contributed by atoms with Crippen LogP contribution in [0.2, 0.25) is 0 Å². The largest absolute Gasteiger partial charge is 0.387 e. The summed E-state index contributed by atoms with van der Waals surface area (Å²) in [5.41, 5.74) is 0.0248. The molecule has 1 fully saturated rings. The molecule has 118 valence electrons. The van der Waals surface area contributed by atoms with Crippen LogP contribution in [-0.4, -0.2) is 67.9 Å². The zero-order valence-electron chi connectivity index (χ0n) is 12.3. The molecular weight excluding hydrogens is 278 g/mol. The molecule has 1 saturated heterocycles. The van der Waals surface area contributed by atoms with Gasteiger partial charge in [0.2, 0.25) is 0 Å². The summed E-state index contributed by atoms with van der Waals surface area (Å²) < 4.78 is 31.8. The van der Waals surface area contributed by atoms with E-state index in [1.165, 1.54) is 0 Å². The molecule has 1 atom stereocenters. The lowest BCUT2D eigenvalue weighted by Crippen LogP contribution is -2.48. The van der Waals surface area contributed by atoms with Gasteiger partial charge < -0.3 is 9.84 Å². The fourth-order valence-electron chi connectivity index (χ4n) is 2.53. The van der Waals surface area contributed by atoms with Crippen molar-refractivity contribution in [1.82, 2.24) is 9.80 Å². The minimum atomic E-state index is -1.01. The maximum absolute atomic E-state index is 13.6. The summed E-state index contributed by atoms with van der Waals surface area (Å²) in [4.78, 5) is 4.35. The Morgan fingerprint density at radius 2 is 1.86 bits per heavy atom. The maximum atomic E-state index is 13.6. The van der Waals surface area contributed by atoms with Gasteiger partial charge in [-0.25, -0.2) is 8.78 Å². The Bertz CT molecular complexity index is 451. The second-order valence-electron chi connectivity index (χ2n) is 5.32. The van der Waals surface area contributed by atoms with E-state index in [9.17, 15) is 13.9 Å². The van der Waals surface area contributed by atoms with Crippen molar-refractivity contribution in [2.75, 3.05) is 53.0 Å². The van der Waals surface area contributed by atoms with E-state index in [4.69, 9.17) is 4.74 Å². The molecule has 0 aromatic heterocycles. The van der Waals surface area contributed by atoms with E-state index in [2.05, 4.69) is 9.80 Å². The Balaban J connectivity index is 1.84. The van der Waals surface area contributed by atoms with Crippen molar-refractivity contribution < 1.29 is 18.6 Å².